The molecule has 0 aliphatic heterocycles. The number of phenols is 3. The number of allylic oxidation sites excluding steroid dienone is 1. The van der Waals surface area contributed by atoms with Gasteiger partial charge in [0.1, 0.15) is 5.76 Å². The van der Waals surface area contributed by atoms with Gasteiger partial charge < -0.3 is 24.8 Å². The van der Waals surface area contributed by atoms with Crippen LogP contribution in [-0.4, -0.2) is 28.4 Å². The van der Waals surface area contributed by atoms with E-state index in [2.05, 4.69) is 6.92 Å². The van der Waals surface area contributed by atoms with E-state index in [9.17, 15) is 20.1 Å². The molecule has 0 heterocycles. The fourth-order valence-electron chi connectivity index (χ4n) is 3.40. The van der Waals surface area contributed by atoms with Crippen LogP contribution in [0.1, 0.15) is 96.5 Å². The summed E-state index contributed by atoms with van der Waals surface area (Å²) < 4.78 is 10.2. The SMILES string of the molecule is CCCCCCCCCCCCCC(=Cc1c(O)c(O)cc(OC)c1O)OC(C)=O. The monoisotopic (exact) mass is 422 g/mol. The van der Waals surface area contributed by atoms with Crippen LogP contribution in [0.25, 0.3) is 6.08 Å². The molecule has 0 aliphatic rings. The fourth-order valence-corrected chi connectivity index (χ4v) is 3.40. The van der Waals surface area contributed by atoms with Gasteiger partial charge in [0.05, 0.1) is 12.7 Å². The number of rotatable bonds is 15. The van der Waals surface area contributed by atoms with Crippen LogP contribution in [0.3, 0.4) is 0 Å². The van der Waals surface area contributed by atoms with Crippen molar-refractivity contribution < 1.29 is 29.6 Å². The second kappa shape index (κ2) is 14.6. The lowest BCUT2D eigenvalue weighted by atomic mass is 10.0. The van der Waals surface area contributed by atoms with E-state index in [4.69, 9.17) is 9.47 Å². The van der Waals surface area contributed by atoms with Crippen molar-refractivity contribution in [3.63, 3.8) is 0 Å². The first kappa shape index (κ1) is 25.7. The van der Waals surface area contributed by atoms with Gasteiger partial charge in [-0.2, -0.15) is 0 Å². The number of benzene rings is 1. The number of carbonyl (C=O) groups excluding carboxylic acids is 1. The van der Waals surface area contributed by atoms with Crippen LogP contribution in [0.5, 0.6) is 23.0 Å². The van der Waals surface area contributed by atoms with Crippen LogP contribution in [0, 0.1) is 0 Å². The molecule has 1 rings (SSSR count). The zero-order chi connectivity index (χ0) is 22.4. The minimum atomic E-state index is -0.489. The van der Waals surface area contributed by atoms with Crippen LogP contribution < -0.4 is 4.74 Å². The number of unbranched alkanes of at least 4 members (excludes halogenated alkanes) is 10. The van der Waals surface area contributed by atoms with Crippen LogP contribution >= 0.6 is 0 Å². The van der Waals surface area contributed by atoms with Crippen LogP contribution in [0.4, 0.5) is 0 Å². The summed E-state index contributed by atoms with van der Waals surface area (Å²) in [5, 5.41) is 30.2. The smallest absolute Gasteiger partial charge is 0.307 e. The number of esters is 1. The highest BCUT2D eigenvalue weighted by atomic mass is 16.5. The Bertz CT molecular complexity index is 681. The van der Waals surface area contributed by atoms with Crippen molar-refractivity contribution in [2.75, 3.05) is 7.11 Å². The Morgan fingerprint density at radius 2 is 1.43 bits per heavy atom. The van der Waals surface area contributed by atoms with Gasteiger partial charge in [-0.25, -0.2) is 0 Å². The summed E-state index contributed by atoms with van der Waals surface area (Å²) in [7, 11) is 1.34. The average molecular weight is 423 g/mol. The predicted molar refractivity (Wildman–Crippen MR) is 119 cm³/mol. The van der Waals surface area contributed by atoms with Crippen LogP contribution in [0.15, 0.2) is 11.8 Å². The number of hydrogen-bond acceptors (Lipinski definition) is 6. The van der Waals surface area contributed by atoms with E-state index in [1.165, 1.54) is 71.5 Å². The molecule has 30 heavy (non-hydrogen) atoms. The Kier molecular flexibility index (Phi) is 12.5. The molecule has 0 amide bonds. The molecule has 0 unspecified atom stereocenters. The first-order valence-electron chi connectivity index (χ1n) is 11.1. The molecule has 0 aliphatic carbocycles. The van der Waals surface area contributed by atoms with Crippen molar-refractivity contribution in [2.24, 2.45) is 0 Å². The van der Waals surface area contributed by atoms with Gasteiger partial charge in [-0.1, -0.05) is 71.1 Å². The third kappa shape index (κ3) is 9.42. The molecule has 0 atom stereocenters. The van der Waals surface area contributed by atoms with E-state index < -0.39 is 17.5 Å². The summed E-state index contributed by atoms with van der Waals surface area (Å²) in [6.07, 6.45) is 15.2. The molecule has 0 bridgehead atoms. The highest BCUT2D eigenvalue weighted by molar-refractivity contribution is 5.74. The van der Waals surface area contributed by atoms with Crippen molar-refractivity contribution in [3.05, 3.63) is 17.4 Å². The van der Waals surface area contributed by atoms with Crippen molar-refractivity contribution in [1.82, 2.24) is 0 Å². The molecule has 0 spiro atoms. The summed E-state index contributed by atoms with van der Waals surface area (Å²) in [4.78, 5) is 11.4. The number of carbonyl (C=O) groups is 1. The van der Waals surface area contributed by atoms with Gasteiger partial charge in [0, 0.05) is 19.4 Å². The van der Waals surface area contributed by atoms with Gasteiger partial charge in [0.2, 0.25) is 0 Å². The Labute approximate surface area is 180 Å². The van der Waals surface area contributed by atoms with E-state index in [1.54, 1.807) is 0 Å². The summed E-state index contributed by atoms with van der Waals surface area (Å²) in [5.41, 5.74) is -0.0360. The number of hydrogen-bond donors (Lipinski definition) is 3. The quantitative estimate of drug-likeness (QED) is 0.0992. The maximum atomic E-state index is 11.4. The van der Waals surface area contributed by atoms with Gasteiger partial charge in [0.15, 0.2) is 23.0 Å². The Morgan fingerprint density at radius 3 is 1.93 bits per heavy atom. The first-order valence-corrected chi connectivity index (χ1v) is 11.1. The van der Waals surface area contributed by atoms with Gasteiger partial charge in [-0.3, -0.25) is 4.79 Å². The third-order valence-corrected chi connectivity index (χ3v) is 5.08. The summed E-state index contributed by atoms with van der Waals surface area (Å²) in [6, 6.07) is 1.12. The Balaban J connectivity index is 2.54. The molecule has 6 heteroatoms. The average Bonchev–Trinajstić information content (AvgIpc) is 2.71. The largest absolute Gasteiger partial charge is 0.504 e. The normalized spacial score (nSPS) is 11.5. The lowest BCUT2D eigenvalue weighted by Crippen LogP contribution is -2.00. The van der Waals surface area contributed by atoms with E-state index in [1.807, 2.05) is 0 Å². The number of phenolic OH excluding ortho intramolecular Hbond substituents is 3. The van der Waals surface area contributed by atoms with E-state index in [-0.39, 0.29) is 17.1 Å². The zero-order valence-corrected chi connectivity index (χ0v) is 18.7. The lowest BCUT2D eigenvalue weighted by molar-refractivity contribution is -0.137. The molecule has 0 aromatic heterocycles. The Hall–Kier alpha value is -2.37. The van der Waals surface area contributed by atoms with E-state index >= 15 is 0 Å². The van der Waals surface area contributed by atoms with Gasteiger partial charge in [-0.05, 0) is 12.5 Å². The first-order chi connectivity index (χ1) is 14.4. The van der Waals surface area contributed by atoms with Gasteiger partial charge in [-0.15, -0.1) is 0 Å². The summed E-state index contributed by atoms with van der Waals surface area (Å²) in [6.45, 7) is 3.53. The number of ether oxygens (including phenoxy) is 2. The molecule has 6 nitrogen and oxygen atoms in total. The maximum Gasteiger partial charge on any atom is 0.307 e. The van der Waals surface area contributed by atoms with Crippen LogP contribution in [0.2, 0.25) is 0 Å². The lowest BCUT2D eigenvalue weighted by Gasteiger charge is -2.12. The molecule has 0 fully saturated rings. The molecule has 0 radical (unpaired) electrons. The van der Waals surface area contributed by atoms with Crippen molar-refractivity contribution in [3.8, 4) is 23.0 Å². The number of methoxy groups -OCH3 is 1. The third-order valence-electron chi connectivity index (χ3n) is 5.08. The summed E-state index contributed by atoms with van der Waals surface area (Å²) >= 11 is 0. The highest BCUT2D eigenvalue weighted by Crippen LogP contribution is 2.44. The fraction of sp³-hybridized carbons (Fsp3) is 0.625. The maximum absolute atomic E-state index is 11.4. The number of aromatic hydroxyl groups is 3. The minimum Gasteiger partial charge on any atom is -0.504 e. The summed E-state index contributed by atoms with van der Waals surface area (Å²) in [5.74, 6) is -1.36. The molecule has 170 valence electrons. The molecule has 0 saturated carbocycles. The van der Waals surface area contributed by atoms with Crippen molar-refractivity contribution in [1.29, 1.82) is 0 Å². The van der Waals surface area contributed by atoms with Crippen LogP contribution in [-0.2, 0) is 9.53 Å². The van der Waals surface area contributed by atoms with Gasteiger partial charge >= 0.3 is 5.97 Å². The second-order valence-electron chi connectivity index (χ2n) is 7.70. The molecular weight excluding hydrogens is 384 g/mol. The Morgan fingerprint density at radius 1 is 0.900 bits per heavy atom. The standard InChI is InChI=1S/C24H38O6/c1-4-5-6-7-8-9-10-11-12-13-14-15-19(30-18(2)25)16-20-23(27)21(26)17-22(29-3)24(20)28/h16-17,26-28H,4-15H2,1-3H3. The molecule has 1 aromatic carbocycles. The van der Waals surface area contributed by atoms with E-state index in [0.29, 0.717) is 12.2 Å². The van der Waals surface area contributed by atoms with Crippen molar-refractivity contribution >= 4 is 12.0 Å². The minimum absolute atomic E-state index is 0.0217. The molecule has 1 aromatic rings. The zero-order valence-electron chi connectivity index (χ0n) is 18.7. The van der Waals surface area contributed by atoms with Gasteiger partial charge in [0.25, 0.3) is 0 Å². The molecule has 0 saturated heterocycles. The molecular formula is C24H38O6. The topological polar surface area (TPSA) is 96.2 Å². The molecule has 3 N–H and O–H groups in total. The highest BCUT2D eigenvalue weighted by Gasteiger charge is 2.17. The second-order valence-corrected chi connectivity index (χ2v) is 7.70. The van der Waals surface area contributed by atoms with Crippen molar-refractivity contribution in [2.45, 2.75) is 90.9 Å². The predicted octanol–water partition coefficient (Wildman–Crippen LogP) is 6.42. The van der Waals surface area contributed by atoms with E-state index in [0.717, 1.165) is 25.3 Å².